The summed E-state index contributed by atoms with van der Waals surface area (Å²) >= 11 is 0. The number of carbonyl (C=O) groups excluding carboxylic acids is 1. The Kier molecular flexibility index (Phi) is 6.25. The van der Waals surface area contributed by atoms with E-state index >= 15 is 0 Å². The molecule has 0 aromatic rings. The van der Waals surface area contributed by atoms with Crippen molar-refractivity contribution in [3.05, 3.63) is 0 Å². The SMILES string of the molecule is C[C@H](CCC(=O)NCC(=O)O)[C@H]1CCC2[C@@H]3CC[C@@H]4CCCC[C@]4(C)C3CC[C@@]21C. The van der Waals surface area contributed by atoms with E-state index in [2.05, 4.69) is 26.1 Å². The Hall–Kier alpha value is -1.06. The molecule has 0 radical (unpaired) electrons. The summed E-state index contributed by atoms with van der Waals surface area (Å²) < 4.78 is 0. The molecule has 0 spiro atoms. The standard InChI is InChI=1S/C26H43NO3/c1-17(7-12-23(28)27-16-24(29)30)20-10-11-21-19-9-8-18-6-4-5-14-25(18,2)22(19)13-15-26(20,21)3/h17-22H,4-16H2,1-3H3,(H,27,28)(H,29,30)/t17-,18+,19+,20-,21?,22?,25+,26-/m1/s1. The molecule has 0 saturated heterocycles. The number of hydrogen-bond acceptors (Lipinski definition) is 2. The van der Waals surface area contributed by atoms with Crippen LogP contribution in [0.4, 0.5) is 0 Å². The first kappa shape index (κ1) is 22.1. The maximum Gasteiger partial charge on any atom is 0.322 e. The lowest BCUT2D eigenvalue weighted by molar-refractivity contribution is -0.138. The average Bonchev–Trinajstić information content (AvgIpc) is 3.07. The lowest BCUT2D eigenvalue weighted by Gasteiger charge is -2.61. The third kappa shape index (κ3) is 3.81. The van der Waals surface area contributed by atoms with Crippen LogP contribution in [0.3, 0.4) is 0 Å². The van der Waals surface area contributed by atoms with Crippen LogP contribution in [-0.2, 0) is 9.59 Å². The van der Waals surface area contributed by atoms with E-state index in [4.69, 9.17) is 5.11 Å². The van der Waals surface area contributed by atoms with Crippen LogP contribution in [0, 0.1) is 46.3 Å². The van der Waals surface area contributed by atoms with Crippen LogP contribution in [0.1, 0.15) is 97.8 Å². The largest absolute Gasteiger partial charge is 0.480 e. The maximum atomic E-state index is 12.0. The van der Waals surface area contributed by atoms with Crippen molar-refractivity contribution in [2.24, 2.45) is 46.3 Å². The van der Waals surface area contributed by atoms with Crippen LogP contribution in [0.5, 0.6) is 0 Å². The molecule has 4 heteroatoms. The molecule has 0 aliphatic heterocycles. The minimum Gasteiger partial charge on any atom is -0.480 e. The van der Waals surface area contributed by atoms with Crippen LogP contribution in [0.15, 0.2) is 0 Å². The highest BCUT2D eigenvalue weighted by atomic mass is 16.4. The van der Waals surface area contributed by atoms with Gasteiger partial charge in [-0.3, -0.25) is 9.59 Å². The molecule has 0 aromatic carbocycles. The first-order chi connectivity index (χ1) is 14.3. The van der Waals surface area contributed by atoms with Crippen molar-refractivity contribution in [3.8, 4) is 0 Å². The molecule has 4 saturated carbocycles. The van der Waals surface area contributed by atoms with Gasteiger partial charge in [0.2, 0.25) is 5.91 Å². The molecular formula is C26H43NO3. The third-order valence-corrected chi connectivity index (χ3v) is 10.6. The highest BCUT2D eigenvalue weighted by Crippen LogP contribution is 2.68. The van der Waals surface area contributed by atoms with Crippen molar-refractivity contribution in [2.75, 3.05) is 6.54 Å². The zero-order valence-corrected chi connectivity index (χ0v) is 19.4. The molecule has 4 rings (SSSR count). The molecule has 4 aliphatic carbocycles. The van der Waals surface area contributed by atoms with Crippen molar-refractivity contribution in [3.63, 3.8) is 0 Å². The number of hydrogen-bond donors (Lipinski definition) is 2. The zero-order valence-electron chi connectivity index (χ0n) is 19.4. The number of nitrogens with one attached hydrogen (secondary N) is 1. The van der Waals surface area contributed by atoms with E-state index in [0.29, 0.717) is 29.1 Å². The molecule has 4 fully saturated rings. The second kappa shape index (κ2) is 8.47. The Balaban J connectivity index is 1.40. The first-order valence-corrected chi connectivity index (χ1v) is 12.7. The number of carbonyl (C=O) groups is 2. The van der Waals surface area contributed by atoms with Crippen molar-refractivity contribution in [1.82, 2.24) is 5.32 Å². The van der Waals surface area contributed by atoms with Gasteiger partial charge >= 0.3 is 5.97 Å². The quantitative estimate of drug-likeness (QED) is 0.586. The monoisotopic (exact) mass is 417 g/mol. The summed E-state index contributed by atoms with van der Waals surface area (Å²) in [5.74, 6) is 3.91. The summed E-state index contributed by atoms with van der Waals surface area (Å²) in [5, 5.41) is 11.3. The van der Waals surface area contributed by atoms with Gasteiger partial charge in [-0.15, -0.1) is 0 Å². The predicted octanol–water partition coefficient (Wildman–Crippen LogP) is 5.65. The number of fused-ring (bicyclic) bond motifs is 5. The van der Waals surface area contributed by atoms with Gasteiger partial charge in [0.1, 0.15) is 6.54 Å². The van der Waals surface area contributed by atoms with Crippen LogP contribution in [0.25, 0.3) is 0 Å². The van der Waals surface area contributed by atoms with Gasteiger partial charge in [0.25, 0.3) is 0 Å². The Morgan fingerprint density at radius 1 is 0.967 bits per heavy atom. The fourth-order valence-electron chi connectivity index (χ4n) is 9.09. The van der Waals surface area contributed by atoms with Crippen LogP contribution >= 0.6 is 0 Å². The molecule has 0 bridgehead atoms. The van der Waals surface area contributed by atoms with E-state index in [1.807, 2.05) is 0 Å². The van der Waals surface area contributed by atoms with Gasteiger partial charge in [-0.05, 0) is 104 Å². The summed E-state index contributed by atoms with van der Waals surface area (Å²) in [6.45, 7) is 7.32. The van der Waals surface area contributed by atoms with Gasteiger partial charge in [-0.2, -0.15) is 0 Å². The van der Waals surface area contributed by atoms with Crippen LogP contribution in [0.2, 0.25) is 0 Å². The molecule has 0 aromatic heterocycles. The molecule has 4 nitrogen and oxygen atoms in total. The Morgan fingerprint density at radius 2 is 1.73 bits per heavy atom. The van der Waals surface area contributed by atoms with Gasteiger partial charge < -0.3 is 10.4 Å². The number of aliphatic carboxylic acids is 1. The Labute approximate surface area is 183 Å². The zero-order chi connectivity index (χ0) is 21.5. The molecule has 2 unspecified atom stereocenters. The van der Waals surface area contributed by atoms with E-state index in [1.165, 1.54) is 64.2 Å². The maximum absolute atomic E-state index is 12.0. The summed E-state index contributed by atoms with van der Waals surface area (Å²) in [6, 6.07) is 0. The molecule has 30 heavy (non-hydrogen) atoms. The fraction of sp³-hybridized carbons (Fsp3) is 0.923. The fourth-order valence-corrected chi connectivity index (χ4v) is 9.09. The minimum absolute atomic E-state index is 0.115. The molecule has 4 aliphatic rings. The summed E-state index contributed by atoms with van der Waals surface area (Å²) in [7, 11) is 0. The normalized spacial score (nSPS) is 43.8. The highest BCUT2D eigenvalue weighted by molar-refractivity contribution is 5.81. The second-order valence-electron chi connectivity index (χ2n) is 11.8. The van der Waals surface area contributed by atoms with Gasteiger partial charge in [0, 0.05) is 6.42 Å². The molecule has 170 valence electrons. The smallest absolute Gasteiger partial charge is 0.322 e. The predicted molar refractivity (Wildman–Crippen MR) is 119 cm³/mol. The summed E-state index contributed by atoms with van der Waals surface area (Å²) in [4.78, 5) is 22.7. The number of rotatable bonds is 6. The Morgan fingerprint density at radius 3 is 2.50 bits per heavy atom. The van der Waals surface area contributed by atoms with Crippen molar-refractivity contribution in [1.29, 1.82) is 0 Å². The third-order valence-electron chi connectivity index (χ3n) is 10.6. The van der Waals surface area contributed by atoms with Crippen molar-refractivity contribution >= 4 is 11.9 Å². The Bertz CT molecular complexity index is 663. The average molecular weight is 418 g/mol. The van der Waals surface area contributed by atoms with Crippen LogP contribution < -0.4 is 5.32 Å². The van der Waals surface area contributed by atoms with Gasteiger partial charge in [0.15, 0.2) is 0 Å². The molecule has 8 atom stereocenters. The molecule has 2 N–H and O–H groups in total. The van der Waals surface area contributed by atoms with Crippen molar-refractivity contribution < 1.29 is 14.7 Å². The second-order valence-corrected chi connectivity index (χ2v) is 11.8. The number of amides is 1. The van der Waals surface area contributed by atoms with E-state index in [1.54, 1.807) is 0 Å². The summed E-state index contributed by atoms with van der Waals surface area (Å²) in [5.41, 5.74) is 1.05. The van der Waals surface area contributed by atoms with Gasteiger partial charge in [0.05, 0.1) is 0 Å². The number of carboxylic acids is 1. The summed E-state index contributed by atoms with van der Waals surface area (Å²) in [6.07, 6.45) is 15.6. The van der Waals surface area contributed by atoms with E-state index < -0.39 is 5.97 Å². The lowest BCUT2D eigenvalue weighted by atomic mass is 9.44. The first-order valence-electron chi connectivity index (χ1n) is 12.7. The minimum atomic E-state index is -0.972. The molecule has 1 amide bonds. The van der Waals surface area contributed by atoms with E-state index in [-0.39, 0.29) is 12.5 Å². The van der Waals surface area contributed by atoms with Crippen LogP contribution in [-0.4, -0.2) is 23.5 Å². The lowest BCUT2D eigenvalue weighted by Crippen LogP contribution is -2.53. The number of carboxylic acid groups (broad SMARTS) is 1. The van der Waals surface area contributed by atoms with E-state index in [0.717, 1.165) is 30.1 Å². The van der Waals surface area contributed by atoms with Gasteiger partial charge in [-0.25, -0.2) is 0 Å². The highest BCUT2D eigenvalue weighted by Gasteiger charge is 2.60. The van der Waals surface area contributed by atoms with E-state index in [9.17, 15) is 9.59 Å². The molecular weight excluding hydrogens is 374 g/mol. The topological polar surface area (TPSA) is 66.4 Å². The molecule has 0 heterocycles. The van der Waals surface area contributed by atoms with Crippen molar-refractivity contribution in [2.45, 2.75) is 97.8 Å². The van der Waals surface area contributed by atoms with Gasteiger partial charge in [-0.1, -0.05) is 33.6 Å².